The number of amides is 1. The Morgan fingerprint density at radius 3 is 2.40 bits per heavy atom. The van der Waals surface area contributed by atoms with Crippen molar-refractivity contribution in [3.63, 3.8) is 0 Å². The van der Waals surface area contributed by atoms with Crippen molar-refractivity contribution in [3.8, 4) is 0 Å². The Morgan fingerprint density at radius 1 is 1.16 bits per heavy atom. The number of nitrogens with zero attached hydrogens (tertiary/aromatic N) is 1. The summed E-state index contributed by atoms with van der Waals surface area (Å²) in [5, 5.41) is 3.08. The number of carbonyl (C=O) groups is 1. The largest absolute Gasteiger partial charge is 0.350 e. The standard InChI is InChI=1S/C17H33N3O3S.ClH/c1-2-12-24(22,23)20-11-7-6-10-16(20)17(21)19-15(13-18)14-8-4-3-5-9-14;/h14-16H,2-13,18H2,1H3,(H,19,21);1H. The molecule has 2 aliphatic rings. The highest BCUT2D eigenvalue weighted by atomic mass is 35.5. The molecule has 2 fully saturated rings. The van der Waals surface area contributed by atoms with E-state index in [9.17, 15) is 13.2 Å². The van der Waals surface area contributed by atoms with Crippen molar-refractivity contribution in [2.24, 2.45) is 11.7 Å². The van der Waals surface area contributed by atoms with Gasteiger partial charge in [0.25, 0.3) is 0 Å². The molecule has 25 heavy (non-hydrogen) atoms. The second kappa shape index (κ2) is 10.7. The van der Waals surface area contributed by atoms with E-state index in [0.29, 0.717) is 31.8 Å². The van der Waals surface area contributed by atoms with Gasteiger partial charge in [-0.2, -0.15) is 4.31 Å². The fourth-order valence-electron chi connectivity index (χ4n) is 4.06. The van der Waals surface area contributed by atoms with Gasteiger partial charge in [-0.25, -0.2) is 8.42 Å². The Morgan fingerprint density at radius 2 is 1.80 bits per heavy atom. The first-order chi connectivity index (χ1) is 11.5. The molecule has 2 rings (SSSR count). The number of hydrogen-bond donors (Lipinski definition) is 2. The van der Waals surface area contributed by atoms with E-state index >= 15 is 0 Å². The Bertz CT molecular complexity index is 509. The average Bonchev–Trinajstić information content (AvgIpc) is 2.60. The lowest BCUT2D eigenvalue weighted by atomic mass is 9.83. The molecule has 0 spiro atoms. The highest BCUT2D eigenvalue weighted by molar-refractivity contribution is 7.89. The summed E-state index contributed by atoms with van der Waals surface area (Å²) < 4.78 is 26.4. The molecule has 8 heteroatoms. The van der Waals surface area contributed by atoms with Crippen LogP contribution in [-0.4, -0.2) is 49.6 Å². The van der Waals surface area contributed by atoms with Crippen LogP contribution in [0.25, 0.3) is 0 Å². The molecule has 0 aromatic rings. The summed E-state index contributed by atoms with van der Waals surface area (Å²) in [6.45, 7) is 2.73. The first-order valence-corrected chi connectivity index (χ1v) is 11.1. The first kappa shape index (κ1) is 22.7. The van der Waals surface area contributed by atoms with Crippen molar-refractivity contribution in [1.29, 1.82) is 0 Å². The molecule has 1 saturated carbocycles. The molecule has 0 aromatic carbocycles. The van der Waals surface area contributed by atoms with Crippen molar-refractivity contribution >= 4 is 28.3 Å². The van der Waals surface area contributed by atoms with Gasteiger partial charge in [0.05, 0.1) is 5.75 Å². The lowest BCUT2D eigenvalue weighted by Crippen LogP contribution is -2.56. The van der Waals surface area contributed by atoms with Crippen LogP contribution in [0.3, 0.4) is 0 Å². The Hall–Kier alpha value is -0.370. The summed E-state index contributed by atoms with van der Waals surface area (Å²) in [5.74, 6) is 0.382. The molecular formula is C17H34ClN3O3S. The third-order valence-electron chi connectivity index (χ3n) is 5.38. The number of piperidine rings is 1. The lowest BCUT2D eigenvalue weighted by Gasteiger charge is -2.36. The van der Waals surface area contributed by atoms with E-state index in [-0.39, 0.29) is 30.1 Å². The van der Waals surface area contributed by atoms with Crippen molar-refractivity contribution in [3.05, 3.63) is 0 Å². The number of rotatable bonds is 7. The molecule has 1 aliphatic heterocycles. The normalized spacial score (nSPS) is 24.3. The number of nitrogens with one attached hydrogen (secondary N) is 1. The predicted molar refractivity (Wildman–Crippen MR) is 103 cm³/mol. The minimum atomic E-state index is -3.35. The lowest BCUT2D eigenvalue weighted by molar-refractivity contribution is -0.126. The Kier molecular flexibility index (Phi) is 9.70. The summed E-state index contributed by atoms with van der Waals surface area (Å²) in [6, 6.07) is -0.594. The number of halogens is 1. The van der Waals surface area contributed by atoms with Gasteiger partial charge < -0.3 is 11.1 Å². The number of hydrogen-bond acceptors (Lipinski definition) is 4. The maximum atomic E-state index is 12.8. The van der Waals surface area contributed by atoms with Crippen LogP contribution in [0.1, 0.15) is 64.7 Å². The van der Waals surface area contributed by atoms with Crippen molar-refractivity contribution in [2.75, 3.05) is 18.8 Å². The van der Waals surface area contributed by atoms with Crippen LogP contribution in [0.2, 0.25) is 0 Å². The summed E-state index contributed by atoms with van der Waals surface area (Å²) in [6.07, 6.45) is 8.75. The smallest absolute Gasteiger partial charge is 0.238 e. The van der Waals surface area contributed by atoms with Crippen LogP contribution in [0.15, 0.2) is 0 Å². The molecule has 6 nitrogen and oxygen atoms in total. The molecule has 3 N–H and O–H groups in total. The molecule has 2 unspecified atom stereocenters. The number of sulfonamides is 1. The van der Waals surface area contributed by atoms with E-state index in [2.05, 4.69) is 5.32 Å². The first-order valence-electron chi connectivity index (χ1n) is 9.49. The summed E-state index contributed by atoms with van der Waals surface area (Å²) in [4.78, 5) is 12.8. The minimum Gasteiger partial charge on any atom is -0.350 e. The number of nitrogens with two attached hydrogens (primary N) is 1. The maximum absolute atomic E-state index is 12.8. The Labute approximate surface area is 158 Å². The average molecular weight is 396 g/mol. The van der Waals surface area contributed by atoms with Crippen molar-refractivity contribution < 1.29 is 13.2 Å². The molecule has 1 heterocycles. The molecule has 1 amide bonds. The predicted octanol–water partition coefficient (Wildman–Crippen LogP) is 2.03. The van der Waals surface area contributed by atoms with Crippen molar-refractivity contribution in [2.45, 2.75) is 76.8 Å². The van der Waals surface area contributed by atoms with Gasteiger partial charge in [0.15, 0.2) is 0 Å². The van der Waals surface area contributed by atoms with Crippen LogP contribution in [0.5, 0.6) is 0 Å². The highest BCUT2D eigenvalue weighted by Crippen LogP contribution is 2.27. The maximum Gasteiger partial charge on any atom is 0.238 e. The van der Waals surface area contributed by atoms with Crippen LogP contribution in [-0.2, 0) is 14.8 Å². The van der Waals surface area contributed by atoms with E-state index in [1.807, 2.05) is 6.92 Å². The zero-order valence-electron chi connectivity index (χ0n) is 15.3. The topological polar surface area (TPSA) is 92.5 Å². The van der Waals surface area contributed by atoms with Gasteiger partial charge in [0.1, 0.15) is 6.04 Å². The quantitative estimate of drug-likeness (QED) is 0.689. The molecule has 0 radical (unpaired) electrons. The van der Waals surface area contributed by atoms with Crippen LogP contribution in [0.4, 0.5) is 0 Å². The monoisotopic (exact) mass is 395 g/mol. The molecule has 0 bridgehead atoms. The molecule has 1 aliphatic carbocycles. The molecule has 0 aromatic heterocycles. The minimum absolute atomic E-state index is 0. The van der Waals surface area contributed by atoms with Gasteiger partial charge in [-0.05, 0) is 38.0 Å². The molecule has 1 saturated heterocycles. The van der Waals surface area contributed by atoms with Gasteiger partial charge in [-0.1, -0.05) is 32.6 Å². The molecular weight excluding hydrogens is 362 g/mol. The third kappa shape index (κ3) is 6.08. The summed E-state index contributed by atoms with van der Waals surface area (Å²) in [5.41, 5.74) is 5.90. The van der Waals surface area contributed by atoms with E-state index in [0.717, 1.165) is 25.7 Å². The van der Waals surface area contributed by atoms with Crippen LogP contribution >= 0.6 is 12.4 Å². The van der Waals surface area contributed by atoms with Crippen LogP contribution < -0.4 is 11.1 Å². The summed E-state index contributed by atoms with van der Waals surface area (Å²) in [7, 11) is -3.35. The zero-order valence-corrected chi connectivity index (χ0v) is 16.9. The number of carbonyl (C=O) groups excluding carboxylic acids is 1. The molecule has 148 valence electrons. The van der Waals surface area contributed by atoms with Gasteiger partial charge >= 0.3 is 0 Å². The van der Waals surface area contributed by atoms with Gasteiger partial charge in [-0.3, -0.25) is 4.79 Å². The molecule has 2 atom stereocenters. The second-order valence-electron chi connectivity index (χ2n) is 7.19. The van der Waals surface area contributed by atoms with Gasteiger partial charge in [0, 0.05) is 19.1 Å². The second-order valence-corrected chi connectivity index (χ2v) is 9.23. The van der Waals surface area contributed by atoms with E-state index in [4.69, 9.17) is 5.73 Å². The van der Waals surface area contributed by atoms with E-state index in [1.54, 1.807) is 0 Å². The fourth-order valence-corrected chi connectivity index (χ4v) is 5.81. The van der Waals surface area contributed by atoms with Gasteiger partial charge in [0.2, 0.25) is 15.9 Å². The van der Waals surface area contributed by atoms with E-state index < -0.39 is 16.1 Å². The third-order valence-corrected chi connectivity index (χ3v) is 7.45. The van der Waals surface area contributed by atoms with Crippen LogP contribution in [0, 0.1) is 5.92 Å². The summed E-state index contributed by atoms with van der Waals surface area (Å²) >= 11 is 0. The van der Waals surface area contributed by atoms with Crippen molar-refractivity contribution in [1.82, 2.24) is 9.62 Å². The zero-order chi connectivity index (χ0) is 17.6. The Balaban J connectivity index is 0.00000312. The van der Waals surface area contributed by atoms with E-state index in [1.165, 1.54) is 23.6 Å². The SMILES string of the molecule is CCCS(=O)(=O)N1CCCCC1C(=O)NC(CN)C1CCCCC1.Cl. The van der Waals surface area contributed by atoms with Gasteiger partial charge in [-0.15, -0.1) is 12.4 Å². The fraction of sp³-hybridized carbons (Fsp3) is 0.941. The highest BCUT2D eigenvalue weighted by Gasteiger charge is 2.37.